The normalized spacial score (nSPS) is 10.8. The molecule has 1 amide bonds. The first-order chi connectivity index (χ1) is 15.4. The maximum Gasteiger partial charge on any atom is 0.357 e. The Morgan fingerprint density at radius 1 is 0.938 bits per heavy atom. The Balaban J connectivity index is 1.75. The lowest BCUT2D eigenvalue weighted by Gasteiger charge is -2.24. The summed E-state index contributed by atoms with van der Waals surface area (Å²) in [7, 11) is 0. The van der Waals surface area contributed by atoms with Crippen LogP contribution in [0.5, 0.6) is 0 Å². The van der Waals surface area contributed by atoms with Gasteiger partial charge in [-0.05, 0) is 36.2 Å². The number of fused-ring (bicyclic) bond motifs is 1. The molecule has 160 valence electrons. The predicted molar refractivity (Wildman–Crippen MR) is 122 cm³/mol. The van der Waals surface area contributed by atoms with Crippen molar-refractivity contribution in [2.75, 3.05) is 4.90 Å². The van der Waals surface area contributed by atoms with Gasteiger partial charge in [0, 0.05) is 11.1 Å². The van der Waals surface area contributed by atoms with Gasteiger partial charge in [0.15, 0.2) is 5.69 Å². The Bertz CT molecular complexity index is 1360. The molecule has 3 aromatic carbocycles. The largest absolute Gasteiger partial charge is 0.476 e. The molecule has 32 heavy (non-hydrogen) atoms. The topological polar surface area (TPSA) is 92.5 Å². The third-order valence-electron chi connectivity index (χ3n) is 5.15. The van der Waals surface area contributed by atoms with Gasteiger partial charge in [0.1, 0.15) is 6.54 Å². The Hall–Kier alpha value is -4.26. The van der Waals surface area contributed by atoms with Crippen LogP contribution in [0.4, 0.5) is 5.69 Å². The minimum Gasteiger partial charge on any atom is -0.476 e. The second-order valence-electron chi connectivity index (χ2n) is 7.47. The lowest BCUT2D eigenvalue weighted by Crippen LogP contribution is -2.38. The van der Waals surface area contributed by atoms with Gasteiger partial charge in [0.05, 0.1) is 11.9 Å². The molecule has 7 heteroatoms. The molecule has 0 spiro atoms. The van der Waals surface area contributed by atoms with E-state index in [1.165, 1.54) is 12.1 Å². The number of nitrogens with zero attached hydrogens (tertiary/aromatic N) is 3. The summed E-state index contributed by atoms with van der Waals surface area (Å²) in [6.07, 6.45) is 0. The molecule has 7 nitrogen and oxygen atoms in total. The monoisotopic (exact) mass is 427 g/mol. The van der Waals surface area contributed by atoms with E-state index < -0.39 is 11.5 Å². The SMILES string of the molecule is Cc1cccc(N(Cc2ccccc2)C(=O)Cn2nc(C(=O)O)c3ccccc3c2=O)c1. The molecule has 0 bridgehead atoms. The molecule has 0 unspecified atom stereocenters. The zero-order chi connectivity index (χ0) is 22.7. The Labute approximate surface area is 184 Å². The van der Waals surface area contributed by atoms with Crippen LogP contribution in [0.3, 0.4) is 0 Å². The Morgan fingerprint density at radius 2 is 1.62 bits per heavy atom. The van der Waals surface area contributed by atoms with E-state index in [0.717, 1.165) is 15.8 Å². The summed E-state index contributed by atoms with van der Waals surface area (Å²) in [6, 6.07) is 23.4. The second kappa shape index (κ2) is 8.85. The van der Waals surface area contributed by atoms with Gasteiger partial charge in [0.25, 0.3) is 5.56 Å². The molecule has 0 radical (unpaired) electrons. The minimum absolute atomic E-state index is 0.206. The van der Waals surface area contributed by atoms with Crippen molar-refractivity contribution in [1.82, 2.24) is 9.78 Å². The molecule has 1 aromatic heterocycles. The van der Waals surface area contributed by atoms with Gasteiger partial charge in [-0.1, -0.05) is 60.7 Å². The summed E-state index contributed by atoms with van der Waals surface area (Å²) in [5.41, 5.74) is 1.82. The van der Waals surface area contributed by atoms with Crippen molar-refractivity contribution in [3.8, 4) is 0 Å². The third kappa shape index (κ3) is 4.27. The van der Waals surface area contributed by atoms with Crippen molar-refractivity contribution in [2.45, 2.75) is 20.0 Å². The smallest absolute Gasteiger partial charge is 0.357 e. The zero-order valence-corrected chi connectivity index (χ0v) is 17.4. The molecule has 0 saturated heterocycles. The Morgan fingerprint density at radius 3 is 2.31 bits per heavy atom. The van der Waals surface area contributed by atoms with Crippen LogP contribution in [0, 0.1) is 6.92 Å². The first kappa shape index (κ1) is 21.0. The van der Waals surface area contributed by atoms with Gasteiger partial charge in [0.2, 0.25) is 5.91 Å². The summed E-state index contributed by atoms with van der Waals surface area (Å²) >= 11 is 0. The number of carboxylic acids is 1. The summed E-state index contributed by atoms with van der Waals surface area (Å²) in [5, 5.41) is 14.0. The van der Waals surface area contributed by atoms with Crippen molar-refractivity contribution >= 4 is 28.3 Å². The lowest BCUT2D eigenvalue weighted by molar-refractivity contribution is -0.119. The molecule has 0 aliphatic carbocycles. The predicted octanol–water partition coefficient (Wildman–Crippen LogP) is 3.64. The van der Waals surface area contributed by atoms with Gasteiger partial charge >= 0.3 is 5.97 Å². The van der Waals surface area contributed by atoms with Gasteiger partial charge in [-0.25, -0.2) is 9.48 Å². The fraction of sp³-hybridized carbons (Fsp3) is 0.120. The fourth-order valence-corrected chi connectivity index (χ4v) is 3.60. The number of rotatable bonds is 6. The second-order valence-corrected chi connectivity index (χ2v) is 7.47. The number of aryl methyl sites for hydroxylation is 1. The molecule has 0 aliphatic rings. The maximum absolute atomic E-state index is 13.4. The highest BCUT2D eigenvalue weighted by molar-refractivity contribution is 6.01. The molecule has 0 aliphatic heterocycles. The maximum atomic E-state index is 13.4. The van der Waals surface area contributed by atoms with Crippen molar-refractivity contribution in [1.29, 1.82) is 0 Å². The number of benzene rings is 3. The molecule has 4 aromatic rings. The van der Waals surface area contributed by atoms with Crippen LogP contribution < -0.4 is 10.5 Å². The number of aromatic carboxylic acids is 1. The van der Waals surface area contributed by atoms with E-state index in [4.69, 9.17) is 0 Å². The number of carbonyl (C=O) groups excluding carboxylic acids is 1. The number of carboxylic acid groups (broad SMARTS) is 1. The average Bonchev–Trinajstić information content (AvgIpc) is 2.79. The highest BCUT2D eigenvalue weighted by atomic mass is 16.4. The van der Waals surface area contributed by atoms with E-state index in [1.807, 2.05) is 61.5 Å². The van der Waals surface area contributed by atoms with Crippen LogP contribution in [-0.2, 0) is 17.9 Å². The average molecular weight is 427 g/mol. The summed E-state index contributed by atoms with van der Waals surface area (Å²) in [6.45, 7) is 1.85. The molecule has 1 heterocycles. The molecule has 0 fully saturated rings. The number of carbonyl (C=O) groups is 2. The third-order valence-corrected chi connectivity index (χ3v) is 5.15. The number of hydrogen-bond donors (Lipinski definition) is 1. The van der Waals surface area contributed by atoms with E-state index in [-0.39, 0.29) is 28.9 Å². The molecule has 0 atom stereocenters. The number of hydrogen-bond acceptors (Lipinski definition) is 4. The molecular formula is C25H21N3O4. The zero-order valence-electron chi connectivity index (χ0n) is 17.4. The van der Waals surface area contributed by atoms with Crippen LogP contribution >= 0.6 is 0 Å². The lowest BCUT2D eigenvalue weighted by atomic mass is 10.1. The van der Waals surface area contributed by atoms with E-state index in [2.05, 4.69) is 5.10 Å². The summed E-state index contributed by atoms with van der Waals surface area (Å²) in [5.74, 6) is -1.64. The number of anilines is 1. The van der Waals surface area contributed by atoms with Gasteiger partial charge in [-0.2, -0.15) is 5.10 Å². The van der Waals surface area contributed by atoms with Crippen molar-refractivity contribution in [3.63, 3.8) is 0 Å². The van der Waals surface area contributed by atoms with Crippen molar-refractivity contribution in [3.05, 3.63) is 106 Å². The highest BCUT2D eigenvalue weighted by Gasteiger charge is 2.21. The van der Waals surface area contributed by atoms with Crippen LogP contribution in [0.25, 0.3) is 10.8 Å². The summed E-state index contributed by atoms with van der Waals surface area (Å²) < 4.78 is 0.932. The number of amides is 1. The van der Waals surface area contributed by atoms with Gasteiger partial charge in [-0.15, -0.1) is 0 Å². The van der Waals surface area contributed by atoms with Crippen molar-refractivity contribution < 1.29 is 14.7 Å². The van der Waals surface area contributed by atoms with Crippen LogP contribution in [-0.4, -0.2) is 26.8 Å². The molecule has 4 rings (SSSR count). The number of aromatic nitrogens is 2. The summed E-state index contributed by atoms with van der Waals surface area (Å²) in [4.78, 5) is 39.6. The van der Waals surface area contributed by atoms with E-state index in [9.17, 15) is 19.5 Å². The molecule has 1 N–H and O–H groups in total. The fourth-order valence-electron chi connectivity index (χ4n) is 3.60. The van der Waals surface area contributed by atoms with Gasteiger partial charge in [-0.3, -0.25) is 9.59 Å². The minimum atomic E-state index is -1.26. The van der Waals surface area contributed by atoms with Crippen LogP contribution in [0.1, 0.15) is 21.6 Å². The van der Waals surface area contributed by atoms with E-state index in [1.54, 1.807) is 17.0 Å². The molecular weight excluding hydrogens is 406 g/mol. The van der Waals surface area contributed by atoms with Crippen molar-refractivity contribution in [2.24, 2.45) is 0 Å². The van der Waals surface area contributed by atoms with E-state index >= 15 is 0 Å². The van der Waals surface area contributed by atoms with E-state index in [0.29, 0.717) is 12.2 Å². The van der Waals surface area contributed by atoms with Gasteiger partial charge < -0.3 is 10.0 Å². The quantitative estimate of drug-likeness (QED) is 0.507. The Kier molecular flexibility index (Phi) is 5.81. The highest BCUT2D eigenvalue weighted by Crippen LogP contribution is 2.20. The first-order valence-corrected chi connectivity index (χ1v) is 10.1. The first-order valence-electron chi connectivity index (χ1n) is 10.1. The standard InChI is InChI=1S/C25H21N3O4/c1-17-8-7-11-19(14-17)27(15-18-9-3-2-4-10-18)22(29)16-28-24(30)21-13-6-5-12-20(21)23(26-28)25(31)32/h2-14H,15-16H2,1H3,(H,31,32). The van der Waals surface area contributed by atoms with Crippen LogP contribution in [0.15, 0.2) is 83.7 Å². The molecule has 0 saturated carbocycles. The van der Waals surface area contributed by atoms with Crippen LogP contribution in [0.2, 0.25) is 0 Å².